The van der Waals surface area contributed by atoms with Crippen LogP contribution in [-0.4, -0.2) is 29.6 Å². The molecule has 0 fully saturated rings. The van der Waals surface area contributed by atoms with Crippen LogP contribution in [0, 0.1) is 0 Å². The minimum absolute atomic E-state index is 0.270. The van der Waals surface area contributed by atoms with E-state index in [-0.39, 0.29) is 6.61 Å². The highest BCUT2D eigenvalue weighted by Gasteiger charge is 2.20. The molecular weight excluding hydrogens is 272 g/mol. The molecule has 1 aromatic heterocycles. The highest BCUT2D eigenvalue weighted by molar-refractivity contribution is 6.06. The first kappa shape index (κ1) is 13.2. The summed E-state index contributed by atoms with van der Waals surface area (Å²) in [7, 11) is 1.57. The Labute approximate surface area is 121 Å². The van der Waals surface area contributed by atoms with Gasteiger partial charge in [0, 0.05) is 17.8 Å². The third kappa shape index (κ3) is 2.60. The lowest BCUT2D eigenvalue weighted by Gasteiger charge is -2.09. The first-order chi connectivity index (χ1) is 10.3. The first-order valence-electron chi connectivity index (χ1n) is 6.40. The molecule has 0 unspecified atom stereocenters. The number of ether oxygens (including phenoxy) is 3. The summed E-state index contributed by atoms with van der Waals surface area (Å²) in [5.41, 5.74) is 2.16. The minimum Gasteiger partial charge on any atom is -0.489 e. The second-order valence-electron chi connectivity index (χ2n) is 4.45. The number of hydrogen-bond donors (Lipinski definition) is 1. The largest absolute Gasteiger partial charge is 0.489 e. The van der Waals surface area contributed by atoms with E-state index in [2.05, 4.69) is 10.1 Å². The molecule has 0 bridgehead atoms. The Bertz CT molecular complexity index is 685. The van der Waals surface area contributed by atoms with Crippen molar-refractivity contribution in [2.45, 2.75) is 6.61 Å². The molecule has 6 nitrogen and oxygen atoms in total. The Morgan fingerprint density at radius 1 is 1.38 bits per heavy atom. The summed E-state index contributed by atoms with van der Waals surface area (Å²) in [6.07, 6.45) is 1.67. The van der Waals surface area contributed by atoms with E-state index >= 15 is 0 Å². The van der Waals surface area contributed by atoms with E-state index in [4.69, 9.17) is 19.4 Å². The summed E-state index contributed by atoms with van der Waals surface area (Å²) in [5.74, 6) is 1.86. The summed E-state index contributed by atoms with van der Waals surface area (Å²) in [6.45, 7) is 0.614. The highest BCUT2D eigenvalue weighted by atomic mass is 16.5. The molecule has 2 heterocycles. The normalized spacial score (nSPS) is 14.6. The fraction of sp³-hybridized carbons (Fsp3) is 0.200. The first-order valence-corrected chi connectivity index (χ1v) is 6.40. The van der Waals surface area contributed by atoms with Crippen LogP contribution in [0.3, 0.4) is 0 Å². The SMILES string of the molecule is COc1ncccc1COc1ccc2c(c1)OC/C2=N\O. The molecular formula is C15H14N2O4. The lowest BCUT2D eigenvalue weighted by atomic mass is 10.1. The van der Waals surface area contributed by atoms with Crippen molar-refractivity contribution in [3.05, 3.63) is 47.7 Å². The average Bonchev–Trinajstić information content (AvgIpc) is 2.95. The van der Waals surface area contributed by atoms with E-state index in [1.807, 2.05) is 24.3 Å². The highest BCUT2D eigenvalue weighted by Crippen LogP contribution is 2.30. The molecule has 108 valence electrons. The number of aromatic nitrogens is 1. The molecule has 0 atom stereocenters. The van der Waals surface area contributed by atoms with Crippen molar-refractivity contribution in [2.24, 2.45) is 5.16 Å². The number of pyridine rings is 1. The molecule has 3 rings (SSSR count). The summed E-state index contributed by atoms with van der Waals surface area (Å²) < 4.78 is 16.3. The number of benzene rings is 1. The van der Waals surface area contributed by atoms with Crippen molar-refractivity contribution >= 4 is 5.71 Å². The number of nitrogens with zero attached hydrogens (tertiary/aromatic N) is 2. The number of methoxy groups -OCH3 is 1. The fourth-order valence-electron chi connectivity index (χ4n) is 2.14. The van der Waals surface area contributed by atoms with Gasteiger partial charge < -0.3 is 19.4 Å². The van der Waals surface area contributed by atoms with Gasteiger partial charge in [-0.05, 0) is 24.3 Å². The van der Waals surface area contributed by atoms with Crippen LogP contribution in [0.4, 0.5) is 0 Å². The second-order valence-corrected chi connectivity index (χ2v) is 4.45. The summed E-state index contributed by atoms with van der Waals surface area (Å²) in [6, 6.07) is 9.12. The van der Waals surface area contributed by atoms with Gasteiger partial charge in [-0.15, -0.1) is 0 Å². The molecule has 0 aliphatic carbocycles. The van der Waals surface area contributed by atoms with Gasteiger partial charge in [0.15, 0.2) is 0 Å². The quantitative estimate of drug-likeness (QED) is 0.689. The topological polar surface area (TPSA) is 73.2 Å². The number of fused-ring (bicyclic) bond motifs is 1. The standard InChI is InChI=1S/C15H14N2O4/c1-19-15-10(3-2-6-16-15)8-20-11-4-5-12-13(17-18)9-21-14(12)7-11/h2-7,18H,8-9H2,1H3/b17-13+. The molecule has 0 spiro atoms. The Morgan fingerprint density at radius 3 is 3.10 bits per heavy atom. The zero-order chi connectivity index (χ0) is 14.7. The fourth-order valence-corrected chi connectivity index (χ4v) is 2.14. The molecule has 1 aliphatic heterocycles. The summed E-state index contributed by atoms with van der Waals surface area (Å²) in [4.78, 5) is 4.12. The monoisotopic (exact) mass is 286 g/mol. The van der Waals surface area contributed by atoms with Gasteiger partial charge in [0.2, 0.25) is 5.88 Å². The Hall–Kier alpha value is -2.76. The van der Waals surface area contributed by atoms with Crippen LogP contribution in [-0.2, 0) is 6.61 Å². The van der Waals surface area contributed by atoms with Gasteiger partial charge >= 0.3 is 0 Å². The van der Waals surface area contributed by atoms with Crippen LogP contribution in [0.1, 0.15) is 11.1 Å². The van der Waals surface area contributed by atoms with E-state index in [9.17, 15) is 0 Å². The molecule has 1 aliphatic rings. The van der Waals surface area contributed by atoms with E-state index < -0.39 is 0 Å². The van der Waals surface area contributed by atoms with Crippen molar-refractivity contribution in [2.75, 3.05) is 13.7 Å². The second kappa shape index (κ2) is 5.70. The Morgan fingerprint density at radius 2 is 2.29 bits per heavy atom. The average molecular weight is 286 g/mol. The van der Waals surface area contributed by atoms with Crippen LogP contribution in [0.15, 0.2) is 41.7 Å². The molecule has 0 radical (unpaired) electrons. The Balaban J connectivity index is 1.75. The smallest absolute Gasteiger partial charge is 0.219 e. The molecule has 1 aromatic carbocycles. The van der Waals surface area contributed by atoms with Crippen molar-refractivity contribution in [3.63, 3.8) is 0 Å². The predicted molar refractivity (Wildman–Crippen MR) is 75.4 cm³/mol. The van der Waals surface area contributed by atoms with Gasteiger partial charge in [-0.3, -0.25) is 0 Å². The van der Waals surface area contributed by atoms with Crippen molar-refractivity contribution < 1.29 is 19.4 Å². The van der Waals surface area contributed by atoms with Crippen LogP contribution in [0.25, 0.3) is 0 Å². The molecule has 2 aromatic rings. The number of rotatable bonds is 4. The maximum atomic E-state index is 8.85. The van der Waals surface area contributed by atoms with Gasteiger partial charge in [-0.1, -0.05) is 5.16 Å². The predicted octanol–water partition coefficient (Wildman–Crippen LogP) is 2.24. The minimum atomic E-state index is 0.270. The summed E-state index contributed by atoms with van der Waals surface area (Å²) >= 11 is 0. The van der Waals surface area contributed by atoms with Crippen molar-refractivity contribution in [1.29, 1.82) is 0 Å². The lowest BCUT2D eigenvalue weighted by Crippen LogP contribution is -2.01. The maximum Gasteiger partial charge on any atom is 0.219 e. The van der Waals surface area contributed by atoms with Crippen LogP contribution >= 0.6 is 0 Å². The Kier molecular flexibility index (Phi) is 3.59. The third-order valence-corrected chi connectivity index (χ3v) is 3.19. The lowest BCUT2D eigenvalue weighted by molar-refractivity contribution is 0.291. The number of hydrogen-bond acceptors (Lipinski definition) is 6. The van der Waals surface area contributed by atoms with E-state index in [0.29, 0.717) is 29.7 Å². The van der Waals surface area contributed by atoms with Gasteiger partial charge in [0.25, 0.3) is 0 Å². The van der Waals surface area contributed by atoms with E-state index in [0.717, 1.165) is 11.1 Å². The molecule has 1 N–H and O–H groups in total. The molecule has 6 heteroatoms. The van der Waals surface area contributed by atoms with Crippen molar-refractivity contribution in [3.8, 4) is 17.4 Å². The van der Waals surface area contributed by atoms with Gasteiger partial charge in [-0.25, -0.2) is 4.98 Å². The molecule has 21 heavy (non-hydrogen) atoms. The molecule has 0 amide bonds. The maximum absolute atomic E-state index is 8.85. The van der Waals surface area contributed by atoms with Crippen LogP contribution in [0.5, 0.6) is 17.4 Å². The number of oxime groups is 1. The third-order valence-electron chi connectivity index (χ3n) is 3.19. The van der Waals surface area contributed by atoms with E-state index in [1.165, 1.54) is 0 Å². The van der Waals surface area contributed by atoms with Crippen LogP contribution in [0.2, 0.25) is 0 Å². The van der Waals surface area contributed by atoms with Crippen LogP contribution < -0.4 is 14.2 Å². The molecule has 0 saturated heterocycles. The van der Waals surface area contributed by atoms with Gasteiger partial charge in [-0.2, -0.15) is 0 Å². The zero-order valence-electron chi connectivity index (χ0n) is 11.4. The van der Waals surface area contributed by atoms with Crippen molar-refractivity contribution in [1.82, 2.24) is 4.98 Å². The molecule has 0 saturated carbocycles. The summed E-state index contributed by atoms with van der Waals surface area (Å²) in [5, 5.41) is 12.0. The zero-order valence-corrected chi connectivity index (χ0v) is 11.4. The van der Waals surface area contributed by atoms with Gasteiger partial charge in [0.05, 0.1) is 12.7 Å². The van der Waals surface area contributed by atoms with E-state index in [1.54, 1.807) is 19.4 Å². The van der Waals surface area contributed by atoms with Gasteiger partial charge in [0.1, 0.15) is 30.4 Å².